The van der Waals surface area contributed by atoms with Crippen molar-refractivity contribution in [1.29, 1.82) is 0 Å². The SMILES string of the molecule is CC(C)(C)NC(=O)CCNS(=O)(=O)N1CCNCC1. The molecule has 1 aliphatic heterocycles. The van der Waals surface area contributed by atoms with E-state index >= 15 is 0 Å². The van der Waals surface area contributed by atoms with Gasteiger partial charge in [-0.1, -0.05) is 0 Å². The fourth-order valence-corrected chi connectivity index (χ4v) is 2.96. The predicted molar refractivity (Wildman–Crippen MR) is 73.9 cm³/mol. The summed E-state index contributed by atoms with van der Waals surface area (Å²) in [7, 11) is -3.46. The lowest BCUT2D eigenvalue weighted by Gasteiger charge is -2.26. The maximum atomic E-state index is 11.9. The first kappa shape index (κ1) is 16.4. The number of nitrogens with one attached hydrogen (secondary N) is 3. The van der Waals surface area contributed by atoms with E-state index in [9.17, 15) is 13.2 Å². The summed E-state index contributed by atoms with van der Waals surface area (Å²) in [5, 5.41) is 5.88. The Kier molecular flexibility index (Phi) is 5.72. The van der Waals surface area contributed by atoms with Crippen molar-refractivity contribution in [2.45, 2.75) is 32.7 Å². The van der Waals surface area contributed by atoms with Crippen molar-refractivity contribution in [3.8, 4) is 0 Å². The molecule has 0 aliphatic carbocycles. The Morgan fingerprint density at radius 1 is 1.26 bits per heavy atom. The van der Waals surface area contributed by atoms with Crippen LogP contribution in [0.4, 0.5) is 0 Å². The predicted octanol–water partition coefficient (Wildman–Crippen LogP) is -0.969. The van der Waals surface area contributed by atoms with Crippen molar-refractivity contribution in [3.05, 3.63) is 0 Å². The van der Waals surface area contributed by atoms with E-state index in [1.165, 1.54) is 4.31 Å². The molecule has 1 rings (SSSR count). The molecule has 0 aromatic carbocycles. The Morgan fingerprint density at radius 3 is 2.37 bits per heavy atom. The summed E-state index contributed by atoms with van der Waals surface area (Å²) in [6.07, 6.45) is 0.141. The van der Waals surface area contributed by atoms with Crippen LogP contribution in [0.2, 0.25) is 0 Å². The molecule has 0 saturated carbocycles. The summed E-state index contributed by atoms with van der Waals surface area (Å²) in [5.41, 5.74) is -0.297. The molecule has 1 amide bonds. The van der Waals surface area contributed by atoms with E-state index < -0.39 is 10.2 Å². The third kappa shape index (κ3) is 6.33. The number of hydrogen-bond acceptors (Lipinski definition) is 4. The number of hydrogen-bond donors (Lipinski definition) is 3. The molecule has 112 valence electrons. The highest BCUT2D eigenvalue weighted by Crippen LogP contribution is 2.01. The van der Waals surface area contributed by atoms with Crippen molar-refractivity contribution in [2.24, 2.45) is 0 Å². The fraction of sp³-hybridized carbons (Fsp3) is 0.909. The second-order valence-electron chi connectivity index (χ2n) is 5.60. The quantitative estimate of drug-likeness (QED) is 0.608. The van der Waals surface area contributed by atoms with Gasteiger partial charge in [0.25, 0.3) is 10.2 Å². The van der Waals surface area contributed by atoms with Gasteiger partial charge in [-0.15, -0.1) is 0 Å². The van der Waals surface area contributed by atoms with Gasteiger partial charge in [-0.2, -0.15) is 12.7 Å². The second kappa shape index (κ2) is 6.65. The molecule has 0 unspecified atom stereocenters. The van der Waals surface area contributed by atoms with E-state index in [2.05, 4.69) is 15.4 Å². The lowest BCUT2D eigenvalue weighted by Crippen LogP contribution is -2.51. The highest BCUT2D eigenvalue weighted by atomic mass is 32.2. The van der Waals surface area contributed by atoms with E-state index in [1.54, 1.807) is 0 Å². The zero-order valence-corrected chi connectivity index (χ0v) is 12.6. The van der Waals surface area contributed by atoms with Gasteiger partial charge in [0.15, 0.2) is 0 Å². The highest BCUT2D eigenvalue weighted by molar-refractivity contribution is 7.87. The highest BCUT2D eigenvalue weighted by Gasteiger charge is 2.23. The summed E-state index contributed by atoms with van der Waals surface area (Å²) in [4.78, 5) is 11.6. The van der Waals surface area contributed by atoms with E-state index in [0.29, 0.717) is 26.2 Å². The van der Waals surface area contributed by atoms with Crippen LogP contribution in [-0.4, -0.2) is 56.9 Å². The maximum absolute atomic E-state index is 11.9. The first-order valence-electron chi connectivity index (χ1n) is 6.47. The van der Waals surface area contributed by atoms with E-state index in [0.717, 1.165) is 0 Å². The number of carbonyl (C=O) groups excluding carboxylic acids is 1. The van der Waals surface area contributed by atoms with E-state index in [4.69, 9.17) is 0 Å². The van der Waals surface area contributed by atoms with Gasteiger partial charge in [-0.05, 0) is 20.8 Å². The lowest BCUT2D eigenvalue weighted by atomic mass is 10.1. The van der Waals surface area contributed by atoms with E-state index in [1.807, 2.05) is 20.8 Å². The van der Waals surface area contributed by atoms with Gasteiger partial charge < -0.3 is 10.6 Å². The molecule has 1 aliphatic rings. The van der Waals surface area contributed by atoms with Crippen LogP contribution in [0.5, 0.6) is 0 Å². The van der Waals surface area contributed by atoms with Crippen LogP contribution in [0.3, 0.4) is 0 Å². The average molecular weight is 292 g/mol. The van der Waals surface area contributed by atoms with Crippen molar-refractivity contribution in [3.63, 3.8) is 0 Å². The summed E-state index contributed by atoms with van der Waals surface area (Å²) in [5.74, 6) is -0.157. The Bertz CT molecular complexity index is 397. The number of rotatable bonds is 5. The van der Waals surface area contributed by atoms with Crippen molar-refractivity contribution < 1.29 is 13.2 Å². The first-order valence-corrected chi connectivity index (χ1v) is 7.91. The van der Waals surface area contributed by atoms with Gasteiger partial charge in [-0.3, -0.25) is 4.79 Å². The number of carbonyl (C=O) groups is 1. The van der Waals surface area contributed by atoms with Crippen molar-refractivity contribution in [2.75, 3.05) is 32.7 Å². The molecule has 1 fully saturated rings. The minimum Gasteiger partial charge on any atom is -0.351 e. The smallest absolute Gasteiger partial charge is 0.279 e. The average Bonchev–Trinajstić information content (AvgIpc) is 2.27. The molecule has 0 aromatic rings. The van der Waals surface area contributed by atoms with Crippen LogP contribution in [0, 0.1) is 0 Å². The van der Waals surface area contributed by atoms with Gasteiger partial charge in [0, 0.05) is 44.7 Å². The largest absolute Gasteiger partial charge is 0.351 e. The Morgan fingerprint density at radius 2 is 1.84 bits per heavy atom. The molecule has 3 N–H and O–H groups in total. The van der Waals surface area contributed by atoms with Gasteiger partial charge in [0.05, 0.1) is 0 Å². The van der Waals surface area contributed by atoms with Crippen LogP contribution in [0.15, 0.2) is 0 Å². The molecule has 0 spiro atoms. The zero-order valence-electron chi connectivity index (χ0n) is 11.8. The lowest BCUT2D eigenvalue weighted by molar-refractivity contribution is -0.122. The van der Waals surface area contributed by atoms with Crippen LogP contribution in [0.1, 0.15) is 27.2 Å². The Labute approximate surface area is 115 Å². The van der Waals surface area contributed by atoms with Crippen LogP contribution in [0.25, 0.3) is 0 Å². The molecule has 7 nitrogen and oxygen atoms in total. The molecule has 19 heavy (non-hydrogen) atoms. The van der Waals surface area contributed by atoms with Gasteiger partial charge >= 0.3 is 0 Å². The van der Waals surface area contributed by atoms with E-state index in [-0.39, 0.29) is 24.4 Å². The van der Waals surface area contributed by atoms with Crippen LogP contribution in [-0.2, 0) is 15.0 Å². The number of amides is 1. The molecule has 1 heterocycles. The summed E-state index contributed by atoms with van der Waals surface area (Å²) in [6, 6.07) is 0. The molecule has 0 radical (unpaired) electrons. The van der Waals surface area contributed by atoms with Gasteiger partial charge in [0.2, 0.25) is 5.91 Å². The molecular formula is C11H24N4O3S. The summed E-state index contributed by atoms with van der Waals surface area (Å²) < 4.78 is 27.7. The molecular weight excluding hydrogens is 268 g/mol. The summed E-state index contributed by atoms with van der Waals surface area (Å²) >= 11 is 0. The topological polar surface area (TPSA) is 90.5 Å². The van der Waals surface area contributed by atoms with Gasteiger partial charge in [-0.25, -0.2) is 4.72 Å². The molecule has 0 atom stereocenters. The number of nitrogens with zero attached hydrogens (tertiary/aromatic N) is 1. The van der Waals surface area contributed by atoms with Crippen LogP contribution >= 0.6 is 0 Å². The van der Waals surface area contributed by atoms with Crippen molar-refractivity contribution in [1.82, 2.24) is 19.7 Å². The Balaban J connectivity index is 2.33. The van der Waals surface area contributed by atoms with Crippen LogP contribution < -0.4 is 15.4 Å². The summed E-state index contributed by atoms with van der Waals surface area (Å²) in [6.45, 7) is 8.01. The molecule has 0 aromatic heterocycles. The third-order valence-electron chi connectivity index (χ3n) is 2.57. The molecule has 1 saturated heterocycles. The molecule has 0 bridgehead atoms. The normalized spacial score (nSPS) is 18.3. The number of piperazine rings is 1. The maximum Gasteiger partial charge on any atom is 0.279 e. The third-order valence-corrected chi connectivity index (χ3v) is 4.18. The van der Waals surface area contributed by atoms with Gasteiger partial charge in [0.1, 0.15) is 0 Å². The monoisotopic (exact) mass is 292 g/mol. The Hall–Kier alpha value is -0.700. The first-order chi connectivity index (χ1) is 8.71. The standard InChI is InChI=1S/C11H24N4O3S/c1-11(2,3)14-10(16)4-5-13-19(17,18)15-8-6-12-7-9-15/h12-13H,4-9H2,1-3H3,(H,14,16). The fourth-order valence-electron chi connectivity index (χ4n) is 1.75. The second-order valence-corrected chi connectivity index (χ2v) is 7.35. The van der Waals surface area contributed by atoms with Crippen molar-refractivity contribution >= 4 is 16.1 Å². The minimum absolute atomic E-state index is 0.119. The zero-order chi connectivity index (χ0) is 14.5. The molecule has 8 heteroatoms. The minimum atomic E-state index is -3.46.